The SMILES string of the molecule is Cc1ccc([C@@H](c2sc3ncnn3c2O)N2CCN(c3ccc(F)cc3)CC2)cc1. The summed E-state index contributed by atoms with van der Waals surface area (Å²) in [4.78, 5) is 10.4. The van der Waals surface area contributed by atoms with E-state index in [0.717, 1.165) is 42.3 Å². The van der Waals surface area contributed by atoms with Gasteiger partial charge < -0.3 is 10.0 Å². The molecule has 0 saturated carbocycles. The first-order valence-electron chi connectivity index (χ1n) is 9.92. The molecule has 1 aliphatic heterocycles. The zero-order valence-electron chi connectivity index (χ0n) is 16.6. The number of fused-ring (bicyclic) bond motifs is 1. The van der Waals surface area contributed by atoms with Crippen LogP contribution in [0.4, 0.5) is 10.1 Å². The summed E-state index contributed by atoms with van der Waals surface area (Å²) in [7, 11) is 0. The van der Waals surface area contributed by atoms with E-state index in [4.69, 9.17) is 0 Å². The molecule has 1 fully saturated rings. The van der Waals surface area contributed by atoms with Gasteiger partial charge in [-0.25, -0.2) is 9.37 Å². The average molecular weight is 424 g/mol. The molecular weight excluding hydrogens is 401 g/mol. The Morgan fingerprint density at radius 2 is 1.70 bits per heavy atom. The molecule has 1 aliphatic rings. The van der Waals surface area contributed by atoms with Crippen LogP contribution in [0.5, 0.6) is 5.88 Å². The molecule has 5 rings (SSSR count). The zero-order valence-corrected chi connectivity index (χ0v) is 17.4. The predicted molar refractivity (Wildman–Crippen MR) is 116 cm³/mol. The van der Waals surface area contributed by atoms with Crippen molar-refractivity contribution in [1.29, 1.82) is 0 Å². The van der Waals surface area contributed by atoms with Crippen molar-refractivity contribution in [2.24, 2.45) is 0 Å². The second kappa shape index (κ2) is 7.70. The molecule has 0 aliphatic carbocycles. The number of nitrogens with zero attached hydrogens (tertiary/aromatic N) is 5. The van der Waals surface area contributed by atoms with Crippen LogP contribution in [0.3, 0.4) is 0 Å². The summed E-state index contributed by atoms with van der Waals surface area (Å²) in [5.74, 6) is -0.0670. The Morgan fingerprint density at radius 3 is 2.37 bits per heavy atom. The third-order valence-electron chi connectivity index (χ3n) is 5.65. The lowest BCUT2D eigenvalue weighted by Crippen LogP contribution is -2.47. The number of aryl methyl sites for hydroxylation is 1. The smallest absolute Gasteiger partial charge is 0.230 e. The Balaban J connectivity index is 1.45. The Labute approximate surface area is 177 Å². The second-order valence-corrected chi connectivity index (χ2v) is 8.57. The van der Waals surface area contributed by atoms with Gasteiger partial charge in [0.05, 0.1) is 10.9 Å². The molecule has 0 radical (unpaired) electrons. The molecule has 154 valence electrons. The number of thiazole rings is 1. The van der Waals surface area contributed by atoms with Crippen LogP contribution in [-0.4, -0.2) is 50.8 Å². The van der Waals surface area contributed by atoms with Gasteiger partial charge in [-0.15, -0.1) is 0 Å². The number of anilines is 1. The molecule has 0 bridgehead atoms. The fourth-order valence-electron chi connectivity index (χ4n) is 4.04. The Kier molecular flexibility index (Phi) is 4.88. The van der Waals surface area contributed by atoms with Crippen molar-refractivity contribution in [3.05, 3.63) is 76.7 Å². The van der Waals surface area contributed by atoms with Gasteiger partial charge in [0.15, 0.2) is 0 Å². The highest BCUT2D eigenvalue weighted by Gasteiger charge is 2.31. The highest BCUT2D eigenvalue weighted by atomic mass is 32.1. The van der Waals surface area contributed by atoms with Crippen LogP contribution in [0.25, 0.3) is 4.96 Å². The van der Waals surface area contributed by atoms with Gasteiger partial charge in [-0.3, -0.25) is 4.90 Å². The first kappa shape index (κ1) is 19.0. The molecule has 0 amide bonds. The summed E-state index contributed by atoms with van der Waals surface area (Å²) in [6.07, 6.45) is 1.46. The van der Waals surface area contributed by atoms with Crippen molar-refractivity contribution < 1.29 is 9.50 Å². The number of aromatic hydroxyl groups is 1. The van der Waals surface area contributed by atoms with E-state index in [-0.39, 0.29) is 17.7 Å². The van der Waals surface area contributed by atoms with E-state index in [0.29, 0.717) is 4.96 Å². The standard InChI is InChI=1S/C22H22FN5OS/c1-15-2-4-16(5-3-15)19(20-21(29)28-22(30-20)24-14-25-28)27-12-10-26(11-13-27)18-8-6-17(23)7-9-18/h2-9,14,19,29H,10-13H2,1H3/t19-/m0/s1. The molecule has 8 heteroatoms. The fraction of sp³-hybridized carbons (Fsp3) is 0.273. The van der Waals surface area contributed by atoms with Crippen LogP contribution in [0.1, 0.15) is 22.0 Å². The van der Waals surface area contributed by atoms with E-state index in [2.05, 4.69) is 51.1 Å². The summed E-state index contributed by atoms with van der Waals surface area (Å²) in [6, 6.07) is 15.0. The maximum atomic E-state index is 13.3. The molecule has 4 aromatic rings. The number of hydrogen-bond donors (Lipinski definition) is 1. The number of hydrogen-bond acceptors (Lipinski definition) is 6. The molecule has 2 aromatic heterocycles. The number of benzene rings is 2. The van der Waals surface area contributed by atoms with Crippen LogP contribution < -0.4 is 4.90 Å². The van der Waals surface area contributed by atoms with Crippen LogP contribution in [-0.2, 0) is 0 Å². The largest absolute Gasteiger partial charge is 0.492 e. The molecule has 3 heterocycles. The highest BCUT2D eigenvalue weighted by Crippen LogP contribution is 2.40. The number of aromatic nitrogens is 3. The van der Waals surface area contributed by atoms with Gasteiger partial charge in [-0.1, -0.05) is 41.2 Å². The van der Waals surface area contributed by atoms with E-state index >= 15 is 0 Å². The first-order chi connectivity index (χ1) is 14.6. The van der Waals surface area contributed by atoms with Crippen molar-refractivity contribution in [3.63, 3.8) is 0 Å². The van der Waals surface area contributed by atoms with E-state index in [9.17, 15) is 9.50 Å². The predicted octanol–water partition coefficient (Wildman–Crippen LogP) is 3.86. The lowest BCUT2D eigenvalue weighted by molar-refractivity contribution is 0.211. The van der Waals surface area contributed by atoms with Crippen molar-refractivity contribution in [3.8, 4) is 5.88 Å². The molecule has 2 aromatic carbocycles. The third-order valence-corrected chi connectivity index (χ3v) is 6.74. The van der Waals surface area contributed by atoms with Gasteiger partial charge in [0, 0.05) is 31.9 Å². The second-order valence-electron chi connectivity index (χ2n) is 7.56. The third kappa shape index (κ3) is 3.42. The lowest BCUT2D eigenvalue weighted by Gasteiger charge is -2.40. The highest BCUT2D eigenvalue weighted by molar-refractivity contribution is 7.17. The summed E-state index contributed by atoms with van der Waals surface area (Å²) in [5, 5.41) is 15.0. The maximum Gasteiger partial charge on any atom is 0.230 e. The normalized spacial score (nSPS) is 16.3. The minimum absolute atomic E-state index is 0.0746. The van der Waals surface area contributed by atoms with E-state index in [1.165, 1.54) is 39.9 Å². The molecule has 1 atom stereocenters. The van der Waals surface area contributed by atoms with Crippen LogP contribution in [0.15, 0.2) is 54.9 Å². The topological polar surface area (TPSA) is 56.9 Å². The van der Waals surface area contributed by atoms with E-state index in [1.807, 2.05) is 12.1 Å². The average Bonchev–Trinajstić information content (AvgIpc) is 3.34. The van der Waals surface area contributed by atoms with Gasteiger partial charge in [0.2, 0.25) is 10.8 Å². The molecule has 6 nitrogen and oxygen atoms in total. The molecule has 30 heavy (non-hydrogen) atoms. The van der Waals surface area contributed by atoms with Crippen molar-refractivity contribution in [2.75, 3.05) is 31.1 Å². The Bertz CT molecular complexity index is 1150. The zero-order chi connectivity index (χ0) is 20.7. The summed E-state index contributed by atoms with van der Waals surface area (Å²) in [6.45, 7) is 5.37. The minimum Gasteiger partial charge on any atom is -0.492 e. The molecule has 1 saturated heterocycles. The van der Waals surface area contributed by atoms with Crippen LogP contribution in [0.2, 0.25) is 0 Å². The van der Waals surface area contributed by atoms with Gasteiger partial charge in [0.1, 0.15) is 12.1 Å². The molecule has 0 unspecified atom stereocenters. The summed E-state index contributed by atoms with van der Waals surface area (Å²) >= 11 is 1.47. The van der Waals surface area contributed by atoms with E-state index < -0.39 is 0 Å². The minimum atomic E-state index is -0.219. The van der Waals surface area contributed by atoms with E-state index in [1.54, 1.807) is 0 Å². The maximum absolute atomic E-state index is 13.3. The molecule has 0 spiro atoms. The van der Waals surface area contributed by atoms with Gasteiger partial charge in [-0.2, -0.15) is 9.61 Å². The number of rotatable bonds is 4. The van der Waals surface area contributed by atoms with Crippen molar-refractivity contribution in [1.82, 2.24) is 19.5 Å². The number of halogens is 1. The van der Waals surface area contributed by atoms with Crippen molar-refractivity contribution in [2.45, 2.75) is 13.0 Å². The summed E-state index contributed by atoms with van der Waals surface area (Å²) < 4.78 is 14.8. The Hall–Kier alpha value is -2.97. The van der Waals surface area contributed by atoms with Crippen LogP contribution in [0, 0.1) is 12.7 Å². The molecule has 1 N–H and O–H groups in total. The monoisotopic (exact) mass is 423 g/mol. The van der Waals surface area contributed by atoms with Crippen LogP contribution >= 0.6 is 11.3 Å². The van der Waals surface area contributed by atoms with Crippen molar-refractivity contribution >= 4 is 22.0 Å². The Morgan fingerprint density at radius 1 is 1.00 bits per heavy atom. The van der Waals surface area contributed by atoms with Gasteiger partial charge >= 0.3 is 0 Å². The summed E-state index contributed by atoms with van der Waals surface area (Å²) in [5.41, 5.74) is 3.37. The molecular formula is C22H22FN5OS. The quantitative estimate of drug-likeness (QED) is 0.540. The van der Waals surface area contributed by atoms with Gasteiger partial charge in [-0.05, 0) is 36.8 Å². The fourth-order valence-corrected chi connectivity index (χ4v) is 5.13. The first-order valence-corrected chi connectivity index (χ1v) is 10.7. The number of piperazine rings is 1. The lowest BCUT2D eigenvalue weighted by atomic mass is 10.0. The van der Waals surface area contributed by atoms with Gasteiger partial charge in [0.25, 0.3) is 0 Å².